The summed E-state index contributed by atoms with van der Waals surface area (Å²) in [5, 5.41) is 9.94. The Morgan fingerprint density at radius 2 is 2.53 bits per heavy atom. The minimum atomic E-state index is -0.168. The van der Waals surface area contributed by atoms with Crippen molar-refractivity contribution < 1.29 is 9.32 Å². The van der Waals surface area contributed by atoms with Crippen LogP contribution in [0.5, 0.6) is 0 Å². The first-order valence-corrected chi connectivity index (χ1v) is 6.11. The molecule has 1 aromatic rings. The fourth-order valence-electron chi connectivity index (χ4n) is 2.20. The Morgan fingerprint density at radius 1 is 1.71 bits per heavy atom. The van der Waals surface area contributed by atoms with Gasteiger partial charge in [0.2, 0.25) is 5.76 Å². The highest BCUT2D eigenvalue weighted by Gasteiger charge is 2.23. The lowest BCUT2D eigenvalue weighted by Gasteiger charge is -2.28. The van der Waals surface area contributed by atoms with Gasteiger partial charge in [0.25, 0.3) is 5.91 Å². The number of nitrogens with zero attached hydrogens (tertiary/aromatic N) is 1. The molecule has 17 heavy (non-hydrogen) atoms. The molecular formula is C12H19N3O2. The summed E-state index contributed by atoms with van der Waals surface area (Å²) in [6, 6.07) is 0.153. The van der Waals surface area contributed by atoms with Gasteiger partial charge in [-0.1, -0.05) is 5.16 Å². The molecule has 1 aliphatic rings. The zero-order chi connectivity index (χ0) is 12.3. The largest absolute Gasteiger partial charge is 0.351 e. The molecule has 1 fully saturated rings. The van der Waals surface area contributed by atoms with Gasteiger partial charge >= 0.3 is 0 Å². The predicted octanol–water partition coefficient (Wildman–Crippen LogP) is 1.10. The van der Waals surface area contributed by atoms with E-state index in [1.54, 1.807) is 6.20 Å². The van der Waals surface area contributed by atoms with Gasteiger partial charge in [0.15, 0.2) is 0 Å². The van der Waals surface area contributed by atoms with Crippen molar-refractivity contribution in [3.63, 3.8) is 0 Å². The number of nitrogens with one attached hydrogen (secondary N) is 2. The molecule has 0 radical (unpaired) electrons. The van der Waals surface area contributed by atoms with Gasteiger partial charge in [0.1, 0.15) is 0 Å². The summed E-state index contributed by atoms with van der Waals surface area (Å²) in [5.41, 5.74) is 0.775. The minimum Gasteiger partial charge on any atom is -0.351 e. The summed E-state index contributed by atoms with van der Waals surface area (Å²) >= 11 is 0. The van der Waals surface area contributed by atoms with Gasteiger partial charge in [-0.05, 0) is 45.7 Å². The second kappa shape index (κ2) is 5.31. The van der Waals surface area contributed by atoms with E-state index >= 15 is 0 Å². The van der Waals surface area contributed by atoms with Gasteiger partial charge in [-0.3, -0.25) is 4.79 Å². The molecule has 94 valence electrons. The Labute approximate surface area is 101 Å². The normalized spacial score (nSPS) is 22.1. The molecule has 1 amide bonds. The molecule has 0 bridgehead atoms. The molecule has 2 heterocycles. The number of piperidine rings is 1. The van der Waals surface area contributed by atoms with Crippen molar-refractivity contribution in [3.8, 4) is 0 Å². The molecule has 2 unspecified atom stereocenters. The number of aromatic nitrogens is 1. The van der Waals surface area contributed by atoms with Crippen LogP contribution in [0.4, 0.5) is 0 Å². The fourth-order valence-corrected chi connectivity index (χ4v) is 2.20. The van der Waals surface area contributed by atoms with Gasteiger partial charge < -0.3 is 15.2 Å². The maximum Gasteiger partial charge on any atom is 0.290 e. The summed E-state index contributed by atoms with van der Waals surface area (Å²) in [4.78, 5) is 11.9. The Hall–Kier alpha value is -1.36. The SMILES string of the molecule is Cc1cnoc1C(=O)NC(C)C1CCCNC1. The summed E-state index contributed by atoms with van der Waals surface area (Å²) in [7, 11) is 0. The second-order valence-electron chi connectivity index (χ2n) is 4.71. The average Bonchev–Trinajstić information content (AvgIpc) is 2.76. The molecule has 2 rings (SSSR count). The van der Waals surface area contributed by atoms with Gasteiger partial charge in [0, 0.05) is 11.6 Å². The number of aryl methyl sites for hydroxylation is 1. The van der Waals surface area contributed by atoms with Crippen LogP contribution in [0.1, 0.15) is 35.9 Å². The van der Waals surface area contributed by atoms with Crippen molar-refractivity contribution >= 4 is 5.91 Å². The molecule has 1 aliphatic heterocycles. The maximum absolute atomic E-state index is 11.9. The molecule has 1 aromatic heterocycles. The summed E-state index contributed by atoms with van der Waals surface area (Å²) in [6.07, 6.45) is 3.89. The molecule has 0 aliphatic carbocycles. The molecule has 5 nitrogen and oxygen atoms in total. The smallest absolute Gasteiger partial charge is 0.290 e. The first kappa shape index (κ1) is 12.1. The number of carbonyl (C=O) groups excluding carboxylic acids is 1. The highest BCUT2D eigenvalue weighted by atomic mass is 16.5. The zero-order valence-corrected chi connectivity index (χ0v) is 10.3. The Bertz CT molecular complexity index is 383. The number of hydrogen-bond acceptors (Lipinski definition) is 4. The van der Waals surface area contributed by atoms with E-state index in [1.807, 2.05) is 13.8 Å². The number of amides is 1. The highest BCUT2D eigenvalue weighted by molar-refractivity contribution is 5.92. The lowest BCUT2D eigenvalue weighted by molar-refractivity contribution is 0.0883. The third-order valence-electron chi connectivity index (χ3n) is 3.36. The van der Waals surface area contributed by atoms with Crippen LogP contribution in [0, 0.1) is 12.8 Å². The number of carbonyl (C=O) groups is 1. The van der Waals surface area contributed by atoms with Crippen LogP contribution in [0.15, 0.2) is 10.7 Å². The molecule has 0 spiro atoms. The summed E-state index contributed by atoms with van der Waals surface area (Å²) in [5.74, 6) is 0.648. The topological polar surface area (TPSA) is 67.2 Å². The van der Waals surface area contributed by atoms with Crippen molar-refractivity contribution in [2.24, 2.45) is 5.92 Å². The summed E-state index contributed by atoms with van der Waals surface area (Å²) in [6.45, 7) is 5.91. The van der Waals surface area contributed by atoms with Gasteiger partial charge in [-0.15, -0.1) is 0 Å². The molecule has 0 aromatic carbocycles. The van der Waals surface area contributed by atoms with Crippen molar-refractivity contribution in [2.45, 2.75) is 32.7 Å². The van der Waals surface area contributed by atoms with Gasteiger partial charge in [0.05, 0.1) is 6.20 Å². The van der Waals surface area contributed by atoms with E-state index in [2.05, 4.69) is 15.8 Å². The van der Waals surface area contributed by atoms with E-state index in [4.69, 9.17) is 4.52 Å². The predicted molar refractivity (Wildman–Crippen MR) is 63.8 cm³/mol. The van der Waals surface area contributed by atoms with E-state index in [9.17, 15) is 4.79 Å². The Kier molecular flexibility index (Phi) is 3.78. The van der Waals surface area contributed by atoms with Gasteiger partial charge in [-0.25, -0.2) is 0 Å². The lowest BCUT2D eigenvalue weighted by atomic mass is 9.93. The summed E-state index contributed by atoms with van der Waals surface area (Å²) < 4.78 is 4.94. The lowest BCUT2D eigenvalue weighted by Crippen LogP contribution is -2.44. The van der Waals surface area contributed by atoms with E-state index < -0.39 is 0 Å². The first-order valence-electron chi connectivity index (χ1n) is 6.11. The van der Waals surface area contributed by atoms with Crippen molar-refractivity contribution in [1.82, 2.24) is 15.8 Å². The Morgan fingerprint density at radius 3 is 3.12 bits per heavy atom. The van der Waals surface area contributed by atoms with Gasteiger partial charge in [-0.2, -0.15) is 0 Å². The van der Waals surface area contributed by atoms with Crippen LogP contribution in [0.25, 0.3) is 0 Å². The van der Waals surface area contributed by atoms with Crippen LogP contribution in [0.2, 0.25) is 0 Å². The molecule has 1 saturated heterocycles. The Balaban J connectivity index is 1.92. The number of rotatable bonds is 3. The minimum absolute atomic E-state index is 0.153. The molecular weight excluding hydrogens is 218 g/mol. The van der Waals surface area contributed by atoms with Crippen molar-refractivity contribution in [3.05, 3.63) is 17.5 Å². The van der Waals surface area contributed by atoms with Crippen molar-refractivity contribution in [1.29, 1.82) is 0 Å². The quantitative estimate of drug-likeness (QED) is 0.826. The van der Waals surface area contributed by atoms with E-state index in [1.165, 1.54) is 6.42 Å². The van der Waals surface area contributed by atoms with Crippen LogP contribution in [0.3, 0.4) is 0 Å². The maximum atomic E-state index is 11.9. The molecule has 2 N–H and O–H groups in total. The van der Waals surface area contributed by atoms with Crippen molar-refractivity contribution in [2.75, 3.05) is 13.1 Å². The molecule has 2 atom stereocenters. The third kappa shape index (κ3) is 2.85. The molecule has 0 saturated carbocycles. The van der Waals surface area contributed by atoms with Crippen LogP contribution in [-0.4, -0.2) is 30.2 Å². The van der Waals surface area contributed by atoms with Crippen LogP contribution in [-0.2, 0) is 0 Å². The monoisotopic (exact) mass is 237 g/mol. The van der Waals surface area contributed by atoms with E-state index in [0.717, 1.165) is 25.1 Å². The molecule has 5 heteroatoms. The van der Waals surface area contributed by atoms with E-state index in [-0.39, 0.29) is 11.9 Å². The third-order valence-corrected chi connectivity index (χ3v) is 3.36. The number of hydrogen-bond donors (Lipinski definition) is 2. The second-order valence-corrected chi connectivity index (χ2v) is 4.71. The standard InChI is InChI=1S/C12H19N3O2/c1-8-6-14-17-11(8)12(16)15-9(2)10-4-3-5-13-7-10/h6,9-10,13H,3-5,7H2,1-2H3,(H,15,16). The van der Waals surface area contributed by atoms with Crippen LogP contribution < -0.4 is 10.6 Å². The average molecular weight is 237 g/mol. The fraction of sp³-hybridized carbons (Fsp3) is 0.667. The highest BCUT2D eigenvalue weighted by Crippen LogP contribution is 2.15. The van der Waals surface area contributed by atoms with E-state index in [0.29, 0.717) is 11.7 Å². The van der Waals surface area contributed by atoms with Crippen LogP contribution >= 0.6 is 0 Å². The first-order chi connectivity index (χ1) is 8.18. The zero-order valence-electron chi connectivity index (χ0n) is 10.3.